The van der Waals surface area contributed by atoms with Crippen molar-refractivity contribution in [3.63, 3.8) is 0 Å². The molecule has 0 saturated heterocycles. The second-order valence-electron chi connectivity index (χ2n) is 8.11. The van der Waals surface area contributed by atoms with Crippen molar-refractivity contribution in [3.8, 4) is 11.6 Å². The third-order valence-electron chi connectivity index (χ3n) is 5.82. The molecule has 37 heavy (non-hydrogen) atoms. The van der Waals surface area contributed by atoms with Gasteiger partial charge in [-0.3, -0.25) is 4.79 Å². The van der Waals surface area contributed by atoms with Crippen molar-refractivity contribution in [3.05, 3.63) is 108 Å². The summed E-state index contributed by atoms with van der Waals surface area (Å²) in [6, 6.07) is 21.7. The summed E-state index contributed by atoms with van der Waals surface area (Å²) in [4.78, 5) is 20.9. The van der Waals surface area contributed by atoms with Gasteiger partial charge in [0.1, 0.15) is 5.69 Å². The van der Waals surface area contributed by atoms with Gasteiger partial charge < -0.3 is 10.4 Å². The first kappa shape index (κ1) is 23.4. The summed E-state index contributed by atoms with van der Waals surface area (Å²) in [7, 11) is 0. The molecule has 5 aromatic rings. The van der Waals surface area contributed by atoms with E-state index in [0.29, 0.717) is 22.3 Å². The molecule has 0 bridgehead atoms. The maximum absolute atomic E-state index is 13.2. The Hall–Kier alpha value is -5.36. The summed E-state index contributed by atoms with van der Waals surface area (Å²) in [6.07, 6.45) is 3.87. The molecule has 0 spiro atoms. The summed E-state index contributed by atoms with van der Waals surface area (Å²) < 4.78 is 1.40. The third-order valence-corrected chi connectivity index (χ3v) is 5.82. The minimum Gasteiger partial charge on any atom is -0.505 e. The number of carbonyl (C=O) groups is 1. The van der Waals surface area contributed by atoms with Crippen LogP contribution in [0.2, 0.25) is 0 Å². The molecule has 2 N–H and O–H groups in total. The number of phenols is 1. The Labute approximate surface area is 212 Å². The third kappa shape index (κ3) is 4.63. The number of aromatic hydroxyl groups is 1. The van der Waals surface area contributed by atoms with Crippen LogP contribution >= 0.6 is 0 Å². The van der Waals surface area contributed by atoms with E-state index in [4.69, 9.17) is 6.57 Å². The van der Waals surface area contributed by atoms with Crippen LogP contribution in [0.1, 0.15) is 22.8 Å². The molecule has 0 aliphatic rings. The van der Waals surface area contributed by atoms with Gasteiger partial charge in [0.15, 0.2) is 17.4 Å². The number of aromatic nitrogens is 3. The minimum atomic E-state index is -0.482. The number of nitrogens with one attached hydrogen (secondary N) is 1. The summed E-state index contributed by atoms with van der Waals surface area (Å²) in [6.45, 7) is 9.54. The maximum Gasteiger partial charge on any atom is 0.259 e. The first-order valence-electron chi connectivity index (χ1n) is 11.5. The Morgan fingerprint density at radius 3 is 2.59 bits per heavy atom. The van der Waals surface area contributed by atoms with Gasteiger partial charge in [-0.05, 0) is 47.7 Å². The van der Waals surface area contributed by atoms with E-state index in [9.17, 15) is 9.90 Å². The summed E-state index contributed by atoms with van der Waals surface area (Å²) >= 11 is 0. The molecule has 5 rings (SSSR count). The van der Waals surface area contributed by atoms with Crippen molar-refractivity contribution >= 4 is 39.6 Å². The molecule has 0 radical (unpaired) electrons. The molecule has 2 heterocycles. The fourth-order valence-electron chi connectivity index (χ4n) is 3.86. The molecule has 180 valence electrons. The van der Waals surface area contributed by atoms with E-state index >= 15 is 0 Å². The lowest BCUT2D eigenvalue weighted by Gasteiger charge is -2.11. The van der Waals surface area contributed by atoms with E-state index in [0.717, 1.165) is 12.0 Å². The highest BCUT2D eigenvalue weighted by atomic mass is 16.3. The largest absolute Gasteiger partial charge is 0.505 e. The van der Waals surface area contributed by atoms with E-state index in [1.54, 1.807) is 42.6 Å². The van der Waals surface area contributed by atoms with E-state index < -0.39 is 5.91 Å². The average Bonchev–Trinajstić information content (AvgIpc) is 3.36. The van der Waals surface area contributed by atoms with Crippen LogP contribution in [-0.2, 0) is 6.42 Å². The Balaban J connectivity index is 1.58. The monoisotopic (exact) mass is 487 g/mol. The average molecular weight is 488 g/mol. The summed E-state index contributed by atoms with van der Waals surface area (Å²) in [5, 5.41) is 28.1. The van der Waals surface area contributed by atoms with Crippen molar-refractivity contribution in [2.75, 3.05) is 5.32 Å². The normalized spacial score (nSPS) is 11.0. The van der Waals surface area contributed by atoms with Gasteiger partial charge in [-0.15, -0.1) is 10.2 Å². The number of anilines is 1. The van der Waals surface area contributed by atoms with Gasteiger partial charge in [-0.25, -0.2) is 14.5 Å². The predicted octanol–water partition coefficient (Wildman–Crippen LogP) is 6.91. The number of hydrogen-bond donors (Lipinski definition) is 2. The maximum atomic E-state index is 13.2. The van der Waals surface area contributed by atoms with E-state index in [2.05, 4.69) is 37.4 Å². The number of nitrogens with zero attached hydrogens (tertiary/aromatic N) is 6. The summed E-state index contributed by atoms with van der Waals surface area (Å²) in [5.41, 5.74) is 2.09. The zero-order chi connectivity index (χ0) is 25.8. The highest BCUT2D eigenvalue weighted by Gasteiger charge is 2.20. The SMILES string of the molecule is [C-]#[N+]c1cnn(-c2ccccn2)c1N=Nc1c(O)c(C(=O)Nc2ccc(CC)cc2)cc2ccccc12. The number of amides is 1. The molecule has 9 nitrogen and oxygen atoms in total. The number of rotatable bonds is 6. The molecule has 3 aromatic carbocycles. The fourth-order valence-corrected chi connectivity index (χ4v) is 3.86. The van der Waals surface area contributed by atoms with E-state index in [-0.39, 0.29) is 28.5 Å². The van der Waals surface area contributed by atoms with Gasteiger partial charge in [-0.2, -0.15) is 5.10 Å². The topological polar surface area (TPSA) is 109 Å². The Bertz CT molecular complexity index is 1670. The second kappa shape index (κ2) is 10.1. The second-order valence-corrected chi connectivity index (χ2v) is 8.11. The lowest BCUT2D eigenvalue weighted by Crippen LogP contribution is -2.12. The standard InChI is InChI=1S/C28H21N7O2/c1-3-18-11-13-20(14-12-18)32-28(37)22-16-19-8-4-5-9-21(19)25(26(22)36)33-34-27-23(29-2)17-31-35(27)24-10-6-7-15-30-24/h4-17,36H,3H2,1H3,(H,32,37). The number of phenolic OH excluding ortho intramolecular Hbond substituents is 1. The van der Waals surface area contributed by atoms with Crippen LogP contribution in [0.5, 0.6) is 5.75 Å². The molecule has 0 saturated carbocycles. The van der Waals surface area contributed by atoms with Crippen LogP contribution in [0.3, 0.4) is 0 Å². The van der Waals surface area contributed by atoms with Crippen molar-refractivity contribution in [2.24, 2.45) is 10.2 Å². The highest BCUT2D eigenvalue weighted by molar-refractivity contribution is 6.11. The lowest BCUT2D eigenvalue weighted by molar-refractivity contribution is 0.102. The fraction of sp³-hybridized carbons (Fsp3) is 0.0714. The van der Waals surface area contributed by atoms with E-state index in [1.807, 2.05) is 36.4 Å². The molecule has 0 aliphatic carbocycles. The molecule has 0 fully saturated rings. The number of benzene rings is 3. The Morgan fingerprint density at radius 1 is 1.08 bits per heavy atom. The molecule has 0 unspecified atom stereocenters. The van der Waals surface area contributed by atoms with Crippen LogP contribution in [0, 0.1) is 6.57 Å². The number of pyridine rings is 1. The Morgan fingerprint density at radius 2 is 1.86 bits per heavy atom. The van der Waals surface area contributed by atoms with Gasteiger partial charge >= 0.3 is 0 Å². The highest BCUT2D eigenvalue weighted by Crippen LogP contribution is 2.40. The molecular weight excluding hydrogens is 466 g/mol. The van der Waals surface area contributed by atoms with Crippen LogP contribution in [0.25, 0.3) is 21.4 Å². The van der Waals surface area contributed by atoms with Gasteiger partial charge in [0, 0.05) is 17.3 Å². The predicted molar refractivity (Wildman–Crippen MR) is 141 cm³/mol. The molecule has 9 heteroatoms. The van der Waals surface area contributed by atoms with Gasteiger partial charge in [0.25, 0.3) is 11.6 Å². The smallest absolute Gasteiger partial charge is 0.259 e. The van der Waals surface area contributed by atoms with Crippen molar-refractivity contribution in [1.29, 1.82) is 0 Å². The number of carbonyl (C=O) groups excluding carboxylic acids is 1. The number of hydrogen-bond acceptors (Lipinski definition) is 6. The minimum absolute atomic E-state index is 0.0517. The molecular formula is C28H21N7O2. The first-order chi connectivity index (χ1) is 18.1. The van der Waals surface area contributed by atoms with Crippen molar-refractivity contribution in [1.82, 2.24) is 14.8 Å². The molecule has 0 atom stereocenters. The van der Waals surface area contributed by atoms with Crippen LogP contribution in [-0.4, -0.2) is 25.8 Å². The number of azo groups is 1. The van der Waals surface area contributed by atoms with Crippen LogP contribution in [0.4, 0.5) is 22.9 Å². The molecule has 1 amide bonds. The van der Waals surface area contributed by atoms with Crippen LogP contribution in [0.15, 0.2) is 95.4 Å². The van der Waals surface area contributed by atoms with Crippen molar-refractivity contribution < 1.29 is 9.90 Å². The lowest BCUT2D eigenvalue weighted by atomic mass is 10.0. The van der Waals surface area contributed by atoms with Crippen LogP contribution < -0.4 is 5.32 Å². The van der Waals surface area contributed by atoms with Gasteiger partial charge in [0.2, 0.25) is 0 Å². The van der Waals surface area contributed by atoms with Crippen molar-refractivity contribution in [2.45, 2.75) is 13.3 Å². The summed E-state index contributed by atoms with van der Waals surface area (Å²) in [5.74, 6) is -0.187. The zero-order valence-electron chi connectivity index (χ0n) is 19.8. The van der Waals surface area contributed by atoms with E-state index in [1.165, 1.54) is 10.9 Å². The quantitative estimate of drug-likeness (QED) is 0.200. The first-order valence-corrected chi connectivity index (χ1v) is 11.5. The van der Waals surface area contributed by atoms with Gasteiger partial charge in [0.05, 0.1) is 18.3 Å². The Kier molecular flexibility index (Phi) is 6.38. The molecule has 2 aromatic heterocycles. The number of fused-ring (bicyclic) bond motifs is 1. The molecule has 0 aliphatic heterocycles. The number of aryl methyl sites for hydroxylation is 1. The zero-order valence-corrected chi connectivity index (χ0v) is 19.8. The van der Waals surface area contributed by atoms with Gasteiger partial charge in [-0.1, -0.05) is 49.4 Å².